The molecule has 4 nitrogen and oxygen atoms in total. The number of alkyl halides is 3. The summed E-state index contributed by atoms with van der Waals surface area (Å²) in [6.45, 7) is 2.67. The minimum absolute atomic E-state index is 0.0128. The number of pyridine rings is 1. The van der Waals surface area contributed by atoms with Crippen LogP contribution in [0.15, 0.2) is 18.2 Å². The van der Waals surface area contributed by atoms with Gasteiger partial charge >= 0.3 is 12.1 Å². The molecule has 2 atom stereocenters. The third-order valence-electron chi connectivity index (χ3n) is 3.47. The Morgan fingerprint density at radius 2 is 2.10 bits per heavy atom. The third-order valence-corrected chi connectivity index (χ3v) is 3.47. The smallest absolute Gasteiger partial charge is 0.433 e. The summed E-state index contributed by atoms with van der Waals surface area (Å²) in [7, 11) is 1.31. The van der Waals surface area contributed by atoms with Crippen molar-refractivity contribution in [2.75, 3.05) is 25.1 Å². The number of rotatable bonds is 2. The topological polar surface area (TPSA) is 42.4 Å². The van der Waals surface area contributed by atoms with Crippen molar-refractivity contribution in [3.05, 3.63) is 23.9 Å². The van der Waals surface area contributed by atoms with E-state index in [-0.39, 0.29) is 23.6 Å². The zero-order chi connectivity index (χ0) is 14.9. The number of esters is 1. The second-order valence-electron chi connectivity index (χ2n) is 4.89. The Kier molecular flexibility index (Phi) is 3.87. The third kappa shape index (κ3) is 2.86. The molecule has 20 heavy (non-hydrogen) atoms. The maximum absolute atomic E-state index is 12.6. The van der Waals surface area contributed by atoms with Crippen LogP contribution < -0.4 is 4.90 Å². The van der Waals surface area contributed by atoms with E-state index in [0.717, 1.165) is 6.07 Å². The fraction of sp³-hybridized carbons (Fsp3) is 0.538. The first-order valence-corrected chi connectivity index (χ1v) is 6.20. The lowest BCUT2D eigenvalue weighted by molar-refractivity contribution is -0.146. The van der Waals surface area contributed by atoms with Crippen LogP contribution in [0.2, 0.25) is 0 Å². The minimum Gasteiger partial charge on any atom is -0.469 e. The monoisotopic (exact) mass is 288 g/mol. The van der Waals surface area contributed by atoms with Crippen molar-refractivity contribution in [3.63, 3.8) is 0 Å². The van der Waals surface area contributed by atoms with Crippen LogP contribution in [0.5, 0.6) is 0 Å². The normalized spacial score (nSPS) is 22.9. The van der Waals surface area contributed by atoms with Crippen molar-refractivity contribution in [3.8, 4) is 0 Å². The summed E-state index contributed by atoms with van der Waals surface area (Å²) in [5.41, 5.74) is -0.927. The first-order chi connectivity index (χ1) is 9.32. The molecule has 0 saturated carbocycles. The van der Waals surface area contributed by atoms with Crippen molar-refractivity contribution in [1.29, 1.82) is 0 Å². The average molecular weight is 288 g/mol. The van der Waals surface area contributed by atoms with Gasteiger partial charge in [0.1, 0.15) is 11.5 Å². The fourth-order valence-electron chi connectivity index (χ4n) is 2.37. The Bertz CT molecular complexity index is 505. The van der Waals surface area contributed by atoms with Crippen LogP contribution in [0.4, 0.5) is 19.0 Å². The second-order valence-corrected chi connectivity index (χ2v) is 4.89. The lowest BCUT2D eigenvalue weighted by Gasteiger charge is -2.18. The number of hydrogen-bond acceptors (Lipinski definition) is 4. The van der Waals surface area contributed by atoms with Crippen LogP contribution in [0.3, 0.4) is 0 Å². The summed E-state index contributed by atoms with van der Waals surface area (Å²) in [4.78, 5) is 16.9. The number of halogens is 3. The van der Waals surface area contributed by atoms with Crippen molar-refractivity contribution < 1.29 is 22.7 Å². The highest BCUT2D eigenvalue weighted by molar-refractivity contribution is 5.74. The Hall–Kier alpha value is -1.79. The van der Waals surface area contributed by atoms with E-state index in [0.29, 0.717) is 13.1 Å². The lowest BCUT2D eigenvalue weighted by atomic mass is 9.99. The molecule has 2 heterocycles. The van der Waals surface area contributed by atoms with Gasteiger partial charge in [0.2, 0.25) is 0 Å². The van der Waals surface area contributed by atoms with Crippen molar-refractivity contribution >= 4 is 11.8 Å². The molecule has 0 amide bonds. The maximum atomic E-state index is 12.6. The molecule has 2 rings (SSSR count). The molecular formula is C13H15F3N2O2. The number of ether oxygens (including phenoxy) is 1. The van der Waals surface area contributed by atoms with E-state index >= 15 is 0 Å². The number of methoxy groups -OCH3 is 1. The molecule has 0 spiro atoms. The molecule has 0 aromatic carbocycles. The van der Waals surface area contributed by atoms with Gasteiger partial charge in [0.05, 0.1) is 13.0 Å². The van der Waals surface area contributed by atoms with E-state index in [1.165, 1.54) is 19.2 Å². The van der Waals surface area contributed by atoms with Gasteiger partial charge in [0, 0.05) is 13.1 Å². The number of carbonyl (C=O) groups excluding carboxylic acids is 1. The SMILES string of the molecule is COC(=O)C1CN(c2cccc(C(F)(F)F)n2)CC1C. The first kappa shape index (κ1) is 14.6. The molecule has 1 aliphatic rings. The second kappa shape index (κ2) is 5.30. The molecule has 0 bridgehead atoms. The number of nitrogens with zero attached hydrogens (tertiary/aromatic N) is 2. The largest absolute Gasteiger partial charge is 0.469 e. The molecule has 1 aromatic rings. The molecule has 0 N–H and O–H groups in total. The first-order valence-electron chi connectivity index (χ1n) is 6.20. The van der Waals surface area contributed by atoms with Crippen LogP contribution in [0.1, 0.15) is 12.6 Å². The highest BCUT2D eigenvalue weighted by Crippen LogP contribution is 2.31. The van der Waals surface area contributed by atoms with Crippen LogP contribution in [0, 0.1) is 11.8 Å². The summed E-state index contributed by atoms with van der Waals surface area (Å²) >= 11 is 0. The van der Waals surface area contributed by atoms with E-state index < -0.39 is 11.9 Å². The molecular weight excluding hydrogens is 273 g/mol. The van der Waals surface area contributed by atoms with E-state index in [1.807, 2.05) is 6.92 Å². The van der Waals surface area contributed by atoms with Crippen LogP contribution in [-0.2, 0) is 15.7 Å². The number of carbonyl (C=O) groups is 1. The summed E-state index contributed by atoms with van der Waals surface area (Å²) in [6, 6.07) is 3.77. The van der Waals surface area contributed by atoms with E-state index in [4.69, 9.17) is 4.74 Å². The lowest BCUT2D eigenvalue weighted by Crippen LogP contribution is -2.25. The molecule has 1 saturated heterocycles. The molecule has 2 unspecified atom stereocenters. The Labute approximate surface area is 114 Å². The van der Waals surface area contributed by atoms with Gasteiger partial charge in [-0.1, -0.05) is 13.0 Å². The van der Waals surface area contributed by atoms with Crippen LogP contribution in [-0.4, -0.2) is 31.2 Å². The van der Waals surface area contributed by atoms with Gasteiger partial charge in [-0.25, -0.2) is 4.98 Å². The average Bonchev–Trinajstić information content (AvgIpc) is 2.79. The Balaban J connectivity index is 2.20. The number of aromatic nitrogens is 1. The summed E-state index contributed by atoms with van der Waals surface area (Å²) in [6.07, 6.45) is -4.47. The van der Waals surface area contributed by atoms with Gasteiger partial charge in [0.25, 0.3) is 0 Å². The highest BCUT2D eigenvalue weighted by Gasteiger charge is 2.37. The van der Waals surface area contributed by atoms with Crippen molar-refractivity contribution in [1.82, 2.24) is 4.98 Å². The summed E-state index contributed by atoms with van der Waals surface area (Å²) in [5, 5.41) is 0. The maximum Gasteiger partial charge on any atom is 0.433 e. The van der Waals surface area contributed by atoms with Crippen LogP contribution in [0.25, 0.3) is 0 Å². The van der Waals surface area contributed by atoms with Crippen molar-refractivity contribution in [2.24, 2.45) is 11.8 Å². The predicted octanol–water partition coefficient (Wildman–Crippen LogP) is 2.35. The van der Waals surface area contributed by atoms with Gasteiger partial charge in [-0.15, -0.1) is 0 Å². The van der Waals surface area contributed by atoms with Crippen molar-refractivity contribution in [2.45, 2.75) is 13.1 Å². The zero-order valence-electron chi connectivity index (χ0n) is 11.1. The minimum atomic E-state index is -4.47. The predicted molar refractivity (Wildman–Crippen MR) is 66.1 cm³/mol. The Morgan fingerprint density at radius 1 is 1.40 bits per heavy atom. The molecule has 110 valence electrons. The molecule has 0 radical (unpaired) electrons. The molecule has 1 fully saturated rings. The van der Waals surface area contributed by atoms with E-state index in [2.05, 4.69) is 4.98 Å². The Morgan fingerprint density at radius 3 is 2.70 bits per heavy atom. The summed E-state index contributed by atoms with van der Waals surface area (Å²) in [5.74, 6) is -0.430. The fourth-order valence-corrected chi connectivity index (χ4v) is 2.37. The molecule has 1 aromatic heterocycles. The highest BCUT2D eigenvalue weighted by atomic mass is 19.4. The van der Waals surface area contributed by atoms with Gasteiger partial charge < -0.3 is 9.64 Å². The van der Waals surface area contributed by atoms with E-state index in [9.17, 15) is 18.0 Å². The standard InChI is InChI=1S/C13H15F3N2O2/c1-8-6-18(7-9(8)12(19)20-2)11-5-3-4-10(17-11)13(14,15)16/h3-5,8-9H,6-7H2,1-2H3. The quantitative estimate of drug-likeness (QED) is 0.783. The number of anilines is 1. The summed E-state index contributed by atoms with van der Waals surface area (Å²) < 4.78 is 42.6. The molecule has 0 aliphatic carbocycles. The van der Waals surface area contributed by atoms with Gasteiger partial charge in [-0.05, 0) is 18.1 Å². The molecule has 1 aliphatic heterocycles. The van der Waals surface area contributed by atoms with E-state index in [1.54, 1.807) is 4.90 Å². The van der Waals surface area contributed by atoms with Gasteiger partial charge in [0.15, 0.2) is 0 Å². The number of hydrogen-bond donors (Lipinski definition) is 0. The molecule has 7 heteroatoms. The van der Waals surface area contributed by atoms with Gasteiger partial charge in [-0.2, -0.15) is 13.2 Å². The zero-order valence-corrected chi connectivity index (χ0v) is 11.1. The van der Waals surface area contributed by atoms with Crippen LogP contribution >= 0.6 is 0 Å². The van der Waals surface area contributed by atoms with Gasteiger partial charge in [-0.3, -0.25) is 4.79 Å².